The summed E-state index contributed by atoms with van der Waals surface area (Å²) in [6.07, 6.45) is 10.5. The molecule has 276 valence electrons. The lowest BCUT2D eigenvalue weighted by molar-refractivity contribution is 0.0292. The summed E-state index contributed by atoms with van der Waals surface area (Å²) in [4.78, 5) is 16.5. The average molecular weight is 726 g/mol. The molecule has 53 heavy (non-hydrogen) atoms. The summed E-state index contributed by atoms with van der Waals surface area (Å²) >= 11 is 0. The largest absolute Gasteiger partial charge is 0.508 e. The lowest BCUT2D eigenvalue weighted by atomic mass is 9.91. The number of rotatable bonds is 7. The Balaban J connectivity index is 1.27. The van der Waals surface area contributed by atoms with Gasteiger partial charge in [0.05, 0.1) is 22.1 Å². The topological polar surface area (TPSA) is 103 Å². The van der Waals surface area contributed by atoms with Crippen molar-refractivity contribution in [1.29, 1.82) is 0 Å². The molecule has 2 aromatic heterocycles. The number of nitrogens with zero attached hydrogens (tertiary/aromatic N) is 7. The maximum absolute atomic E-state index is 17.7. The monoisotopic (exact) mass is 725 g/mol. The fraction of sp³-hybridized carbons (Fsp3) is 0.475. The number of fused-ring (bicyclic) bond motifs is 7. The van der Waals surface area contributed by atoms with Crippen LogP contribution in [0.25, 0.3) is 43.7 Å². The summed E-state index contributed by atoms with van der Waals surface area (Å²) in [5.41, 5.74) is -0.936. The van der Waals surface area contributed by atoms with Crippen molar-refractivity contribution in [2.45, 2.75) is 75.3 Å². The van der Waals surface area contributed by atoms with E-state index < -0.39 is 28.9 Å². The number of phenolic OH excluding ortho intramolecular Hbond substituents is 1. The molecule has 0 amide bonds. The van der Waals surface area contributed by atoms with Gasteiger partial charge in [-0.15, -0.1) is 6.42 Å². The smallest absolute Gasteiger partial charge is 0.319 e. The number of likely N-dealkylation sites (tertiary alicyclic amines) is 1. The molecule has 4 saturated heterocycles. The first kappa shape index (κ1) is 34.1. The highest BCUT2D eigenvalue weighted by Crippen LogP contribution is 2.47. The van der Waals surface area contributed by atoms with E-state index >= 15 is 8.78 Å². The van der Waals surface area contributed by atoms with Gasteiger partial charge in [0.15, 0.2) is 5.82 Å². The van der Waals surface area contributed by atoms with Gasteiger partial charge >= 0.3 is 6.01 Å². The number of benzene rings is 3. The molecule has 0 unspecified atom stereocenters. The minimum Gasteiger partial charge on any atom is -0.508 e. The minimum atomic E-state index is -0.948. The first-order chi connectivity index (χ1) is 25.3. The number of ether oxygens (including phenoxy) is 1. The van der Waals surface area contributed by atoms with Crippen molar-refractivity contribution in [1.82, 2.24) is 29.5 Å². The number of piperazine rings is 1. The van der Waals surface area contributed by atoms with Crippen molar-refractivity contribution in [2.24, 2.45) is 7.05 Å². The zero-order valence-corrected chi connectivity index (χ0v) is 30.0. The number of anilines is 1. The first-order valence-corrected chi connectivity index (χ1v) is 18.4. The van der Waals surface area contributed by atoms with E-state index in [0.717, 1.165) is 32.2 Å². The Labute approximate surface area is 305 Å². The summed E-state index contributed by atoms with van der Waals surface area (Å²) in [5.74, 6) is 1.42. The van der Waals surface area contributed by atoms with Gasteiger partial charge < -0.3 is 19.8 Å². The van der Waals surface area contributed by atoms with Crippen LogP contribution < -0.4 is 9.64 Å². The minimum absolute atomic E-state index is 0.00968. The molecule has 2 bridgehead atoms. The summed E-state index contributed by atoms with van der Waals surface area (Å²) in [6, 6.07) is 5.61. The molecule has 0 aliphatic carbocycles. The number of aryl methyl sites for hydroxylation is 1. The maximum Gasteiger partial charge on any atom is 0.319 e. The Morgan fingerprint density at radius 1 is 1.08 bits per heavy atom. The van der Waals surface area contributed by atoms with Gasteiger partial charge in [-0.1, -0.05) is 12.0 Å². The standard InChI is InChI=1S/C40H42F3N7O3/c1-5-27-30(42)10-7-22-13-26(51)14-28(31(22)27)32-34(43)36-33(29-19-47(4)46-35(29)32)37(50-24-8-9-25(50)18-48(17-24)20-39(2,3)52)45-38(44-36)53-21-40-11-6-12-49(40)16-23(41)15-40/h1,7,10,13-14,19,23-25,51-52H,6,8-9,11-12,15-18,20-21H2,2-4H3/t23-,24-,25+,40+/m1/s1. The molecule has 4 fully saturated rings. The lowest BCUT2D eigenvalue weighted by Crippen LogP contribution is -2.56. The number of aromatic nitrogens is 4. The quantitative estimate of drug-likeness (QED) is 0.205. The van der Waals surface area contributed by atoms with Crippen molar-refractivity contribution in [3.05, 3.63) is 47.7 Å². The van der Waals surface area contributed by atoms with Crippen LogP contribution in [0, 0.1) is 24.0 Å². The van der Waals surface area contributed by atoms with Crippen molar-refractivity contribution in [3.63, 3.8) is 0 Å². The predicted molar refractivity (Wildman–Crippen MR) is 197 cm³/mol. The Morgan fingerprint density at radius 2 is 1.85 bits per heavy atom. The van der Waals surface area contributed by atoms with E-state index in [1.165, 1.54) is 24.3 Å². The number of phenols is 1. The second kappa shape index (κ2) is 12.2. The molecule has 2 N–H and O–H groups in total. The molecule has 9 rings (SSSR count). The average Bonchev–Trinajstić information content (AvgIpc) is 3.82. The van der Waals surface area contributed by atoms with E-state index in [0.29, 0.717) is 54.6 Å². The normalized spacial score (nSPS) is 24.9. The number of aliphatic hydroxyl groups is 1. The molecular weight excluding hydrogens is 683 g/mol. The number of alkyl halides is 1. The van der Waals surface area contributed by atoms with Crippen LogP contribution in [0.4, 0.5) is 19.0 Å². The maximum atomic E-state index is 17.7. The van der Waals surface area contributed by atoms with Gasteiger partial charge in [-0.05, 0) is 75.2 Å². The van der Waals surface area contributed by atoms with Crippen LogP contribution >= 0.6 is 0 Å². The zero-order chi connectivity index (χ0) is 37.0. The zero-order valence-electron chi connectivity index (χ0n) is 30.0. The fourth-order valence-corrected chi connectivity index (χ4v) is 9.83. The molecule has 0 radical (unpaired) electrons. The summed E-state index contributed by atoms with van der Waals surface area (Å²) < 4.78 is 55.7. The van der Waals surface area contributed by atoms with Gasteiger partial charge in [0, 0.05) is 74.3 Å². The number of terminal acetylenes is 1. The van der Waals surface area contributed by atoms with E-state index in [-0.39, 0.29) is 63.6 Å². The predicted octanol–water partition coefficient (Wildman–Crippen LogP) is 5.68. The van der Waals surface area contributed by atoms with Gasteiger partial charge in [0.1, 0.15) is 41.2 Å². The molecular formula is C40H42F3N7O3. The Kier molecular flexibility index (Phi) is 7.86. The van der Waals surface area contributed by atoms with Crippen LogP contribution in [0.2, 0.25) is 0 Å². The Hall–Kier alpha value is -4.64. The molecule has 6 heterocycles. The highest BCUT2D eigenvalue weighted by atomic mass is 19.1. The molecule has 5 aromatic rings. The van der Waals surface area contributed by atoms with Gasteiger partial charge in [-0.25, -0.2) is 13.2 Å². The fourth-order valence-electron chi connectivity index (χ4n) is 9.83. The van der Waals surface area contributed by atoms with E-state index in [4.69, 9.17) is 26.2 Å². The lowest BCUT2D eigenvalue weighted by Gasteiger charge is -2.43. The number of halogens is 3. The molecule has 10 nitrogen and oxygen atoms in total. The van der Waals surface area contributed by atoms with Crippen molar-refractivity contribution < 1.29 is 28.1 Å². The third-order valence-electron chi connectivity index (χ3n) is 11.7. The third-order valence-corrected chi connectivity index (χ3v) is 11.7. The Bertz CT molecular complexity index is 2340. The molecule has 4 aliphatic heterocycles. The van der Waals surface area contributed by atoms with Crippen LogP contribution in [-0.4, -0.2) is 108 Å². The van der Waals surface area contributed by atoms with E-state index in [2.05, 4.69) is 20.6 Å². The molecule has 0 spiro atoms. The van der Waals surface area contributed by atoms with E-state index in [9.17, 15) is 14.6 Å². The summed E-state index contributed by atoms with van der Waals surface area (Å²) in [7, 11) is 1.74. The second-order valence-corrected chi connectivity index (χ2v) is 16.1. The molecule has 0 saturated carbocycles. The van der Waals surface area contributed by atoms with E-state index in [1.54, 1.807) is 31.8 Å². The van der Waals surface area contributed by atoms with E-state index in [1.807, 2.05) is 0 Å². The number of aromatic hydroxyl groups is 1. The molecule has 4 atom stereocenters. The van der Waals surface area contributed by atoms with Crippen LogP contribution in [0.3, 0.4) is 0 Å². The van der Waals surface area contributed by atoms with Crippen LogP contribution in [0.5, 0.6) is 11.8 Å². The van der Waals surface area contributed by atoms with Crippen LogP contribution in [-0.2, 0) is 7.05 Å². The number of β-amino-alcohol motifs (C(OH)–C–C–N with tert-alkyl or cyclic N) is 1. The highest BCUT2D eigenvalue weighted by Gasteiger charge is 2.50. The Morgan fingerprint density at radius 3 is 2.58 bits per heavy atom. The summed E-state index contributed by atoms with van der Waals surface area (Å²) in [6.45, 7) is 6.82. The van der Waals surface area contributed by atoms with Gasteiger partial charge in [0.25, 0.3) is 0 Å². The van der Waals surface area contributed by atoms with Gasteiger partial charge in [-0.2, -0.15) is 15.1 Å². The summed E-state index contributed by atoms with van der Waals surface area (Å²) in [5, 5.41) is 28.0. The number of hydrogen-bond acceptors (Lipinski definition) is 9. The first-order valence-electron chi connectivity index (χ1n) is 18.4. The van der Waals surface area contributed by atoms with Gasteiger partial charge in [-0.3, -0.25) is 14.5 Å². The molecule has 4 aliphatic rings. The van der Waals surface area contributed by atoms with Crippen LogP contribution in [0.15, 0.2) is 30.5 Å². The van der Waals surface area contributed by atoms with Crippen molar-refractivity contribution >= 4 is 38.4 Å². The third kappa shape index (κ3) is 5.56. The van der Waals surface area contributed by atoms with Crippen LogP contribution in [0.1, 0.15) is 51.5 Å². The second-order valence-electron chi connectivity index (χ2n) is 16.1. The molecule has 3 aromatic carbocycles. The van der Waals surface area contributed by atoms with Crippen molar-refractivity contribution in [3.8, 4) is 35.2 Å². The number of hydrogen-bond donors (Lipinski definition) is 2. The van der Waals surface area contributed by atoms with Gasteiger partial charge in [0.2, 0.25) is 0 Å². The molecule has 13 heteroatoms. The van der Waals surface area contributed by atoms with Crippen molar-refractivity contribution in [2.75, 3.05) is 44.2 Å². The highest BCUT2D eigenvalue weighted by molar-refractivity contribution is 6.18. The SMILES string of the molecule is C#Cc1c(F)ccc2cc(O)cc(-c3c(F)c4nc(OC[C@@]56CCCN5C[C@H](F)C6)nc(N5[C@@H]6CC[C@H]5CN(CC(C)(C)O)C6)c4c4cn(C)nc34)c12.